The molecule has 5 heteroatoms. The third kappa shape index (κ3) is 4.26. The Balaban J connectivity index is 1.90. The normalized spacial score (nSPS) is 10.6. The zero-order chi connectivity index (χ0) is 14.4. The predicted octanol–water partition coefficient (Wildman–Crippen LogP) is 3.36. The molecule has 0 atom stereocenters. The maximum atomic E-state index is 13.0. The van der Waals surface area contributed by atoms with Crippen LogP contribution in [0.1, 0.15) is 24.6 Å². The molecule has 1 N–H and O–H groups in total. The molecule has 3 nitrogen and oxygen atoms in total. The summed E-state index contributed by atoms with van der Waals surface area (Å²) in [6, 6.07) is 5.45. The van der Waals surface area contributed by atoms with Crippen LogP contribution in [0.5, 0.6) is 0 Å². The first kappa shape index (κ1) is 14.4. The van der Waals surface area contributed by atoms with Crippen molar-refractivity contribution in [1.29, 1.82) is 0 Å². The van der Waals surface area contributed by atoms with Gasteiger partial charge >= 0.3 is 0 Å². The van der Waals surface area contributed by atoms with Gasteiger partial charge < -0.3 is 5.32 Å². The number of aryl methyl sites for hydroxylation is 1. The van der Waals surface area contributed by atoms with Crippen molar-refractivity contribution in [3.05, 3.63) is 53.5 Å². The Morgan fingerprint density at radius 1 is 1.00 bits per heavy atom. The maximum absolute atomic E-state index is 13.0. The maximum Gasteiger partial charge on any atom is 0.129 e. The molecular weight excluding hydrogens is 260 g/mol. The molecule has 0 aliphatic heterocycles. The van der Waals surface area contributed by atoms with Crippen molar-refractivity contribution < 1.29 is 8.78 Å². The van der Waals surface area contributed by atoms with E-state index in [0.29, 0.717) is 18.5 Å². The molecule has 0 saturated heterocycles. The van der Waals surface area contributed by atoms with E-state index in [9.17, 15) is 8.78 Å². The van der Waals surface area contributed by atoms with Gasteiger partial charge in [-0.2, -0.15) is 0 Å². The number of halogens is 2. The van der Waals surface area contributed by atoms with Crippen LogP contribution in [-0.2, 0) is 12.8 Å². The molecule has 0 unspecified atom stereocenters. The van der Waals surface area contributed by atoms with Crippen molar-refractivity contribution in [1.82, 2.24) is 9.97 Å². The van der Waals surface area contributed by atoms with Gasteiger partial charge in [-0.1, -0.05) is 13.3 Å². The number of nitrogens with zero attached hydrogens (tertiary/aromatic N) is 2. The number of aromatic nitrogens is 2. The molecule has 20 heavy (non-hydrogen) atoms. The summed E-state index contributed by atoms with van der Waals surface area (Å²) < 4.78 is 26.1. The minimum absolute atomic E-state index is 0.530. The fourth-order valence-corrected chi connectivity index (χ4v) is 1.98. The lowest BCUT2D eigenvalue weighted by Crippen LogP contribution is -2.07. The highest BCUT2D eigenvalue weighted by Gasteiger charge is 2.02. The molecule has 0 bridgehead atoms. The standard InChI is InChI=1S/C15H17F2N3/c1-2-3-14-9-15(20-10-19-14)18-5-4-11-6-12(16)8-13(17)7-11/h6-10H,2-5H2,1H3,(H,18,19,20). The summed E-state index contributed by atoms with van der Waals surface area (Å²) >= 11 is 0. The first-order valence-electron chi connectivity index (χ1n) is 6.67. The molecule has 2 aromatic rings. The van der Waals surface area contributed by atoms with Gasteiger partial charge in [0.2, 0.25) is 0 Å². The van der Waals surface area contributed by atoms with E-state index in [-0.39, 0.29) is 0 Å². The summed E-state index contributed by atoms with van der Waals surface area (Å²) in [5.41, 5.74) is 1.61. The Morgan fingerprint density at radius 2 is 1.75 bits per heavy atom. The third-order valence-electron chi connectivity index (χ3n) is 2.87. The Bertz CT molecular complexity index is 553. The smallest absolute Gasteiger partial charge is 0.129 e. The van der Waals surface area contributed by atoms with E-state index < -0.39 is 11.6 Å². The average Bonchev–Trinajstić information content (AvgIpc) is 2.38. The zero-order valence-corrected chi connectivity index (χ0v) is 11.4. The average molecular weight is 277 g/mol. The van der Waals surface area contributed by atoms with E-state index in [4.69, 9.17) is 0 Å². The topological polar surface area (TPSA) is 37.8 Å². The Hall–Kier alpha value is -2.04. The van der Waals surface area contributed by atoms with Crippen LogP contribution in [0.25, 0.3) is 0 Å². The first-order chi connectivity index (χ1) is 9.67. The van der Waals surface area contributed by atoms with Crippen LogP contribution in [0.4, 0.5) is 14.6 Å². The van der Waals surface area contributed by atoms with Gasteiger partial charge in [-0.05, 0) is 30.5 Å². The highest BCUT2D eigenvalue weighted by atomic mass is 19.1. The van der Waals surface area contributed by atoms with Crippen LogP contribution in [0, 0.1) is 11.6 Å². The fourth-order valence-electron chi connectivity index (χ4n) is 1.98. The van der Waals surface area contributed by atoms with Gasteiger partial charge in [0.15, 0.2) is 0 Å². The number of benzene rings is 1. The van der Waals surface area contributed by atoms with Gasteiger partial charge in [-0.3, -0.25) is 0 Å². The fraction of sp³-hybridized carbons (Fsp3) is 0.333. The number of hydrogen-bond donors (Lipinski definition) is 1. The molecule has 1 heterocycles. The van der Waals surface area contributed by atoms with Crippen molar-refractivity contribution in [3.8, 4) is 0 Å². The summed E-state index contributed by atoms with van der Waals surface area (Å²) in [4.78, 5) is 8.29. The van der Waals surface area contributed by atoms with E-state index in [2.05, 4.69) is 22.2 Å². The number of rotatable bonds is 6. The SMILES string of the molecule is CCCc1cc(NCCc2cc(F)cc(F)c2)ncn1. The van der Waals surface area contributed by atoms with Gasteiger partial charge in [0.25, 0.3) is 0 Å². The van der Waals surface area contributed by atoms with Crippen LogP contribution >= 0.6 is 0 Å². The van der Waals surface area contributed by atoms with Gasteiger partial charge in [0, 0.05) is 24.4 Å². The molecule has 0 amide bonds. The highest BCUT2D eigenvalue weighted by molar-refractivity contribution is 5.35. The second kappa shape index (κ2) is 6.93. The number of nitrogens with one attached hydrogen (secondary N) is 1. The molecule has 0 aliphatic rings. The Morgan fingerprint density at radius 3 is 2.45 bits per heavy atom. The van der Waals surface area contributed by atoms with Crippen LogP contribution in [0.2, 0.25) is 0 Å². The molecule has 106 valence electrons. The van der Waals surface area contributed by atoms with Crippen molar-refractivity contribution in [3.63, 3.8) is 0 Å². The van der Waals surface area contributed by atoms with E-state index >= 15 is 0 Å². The summed E-state index contributed by atoms with van der Waals surface area (Å²) in [7, 11) is 0. The van der Waals surface area contributed by atoms with E-state index in [1.54, 1.807) is 0 Å². The molecule has 0 radical (unpaired) electrons. The lowest BCUT2D eigenvalue weighted by Gasteiger charge is -2.07. The van der Waals surface area contributed by atoms with Crippen LogP contribution in [0.3, 0.4) is 0 Å². The predicted molar refractivity (Wildman–Crippen MR) is 74.6 cm³/mol. The molecule has 0 spiro atoms. The molecular formula is C15H17F2N3. The Kier molecular flexibility index (Phi) is 4.98. The second-order valence-electron chi connectivity index (χ2n) is 4.60. The summed E-state index contributed by atoms with van der Waals surface area (Å²) in [6.07, 6.45) is 3.99. The minimum atomic E-state index is -0.549. The summed E-state index contributed by atoms with van der Waals surface area (Å²) in [5.74, 6) is -0.361. The minimum Gasteiger partial charge on any atom is -0.370 e. The largest absolute Gasteiger partial charge is 0.370 e. The van der Waals surface area contributed by atoms with Gasteiger partial charge in [-0.15, -0.1) is 0 Å². The lowest BCUT2D eigenvalue weighted by molar-refractivity contribution is 0.580. The Labute approximate surface area is 117 Å². The van der Waals surface area contributed by atoms with Gasteiger partial charge in [0.1, 0.15) is 23.8 Å². The second-order valence-corrected chi connectivity index (χ2v) is 4.60. The summed E-state index contributed by atoms with van der Waals surface area (Å²) in [6.45, 7) is 2.65. The van der Waals surface area contributed by atoms with E-state index in [1.165, 1.54) is 18.5 Å². The van der Waals surface area contributed by atoms with Crippen molar-refractivity contribution in [2.24, 2.45) is 0 Å². The molecule has 2 rings (SSSR count). The molecule has 0 fully saturated rings. The van der Waals surface area contributed by atoms with E-state index in [1.807, 2.05) is 6.07 Å². The summed E-state index contributed by atoms with van der Waals surface area (Å²) in [5, 5.41) is 3.13. The molecule has 1 aromatic carbocycles. The highest BCUT2D eigenvalue weighted by Crippen LogP contribution is 2.10. The van der Waals surface area contributed by atoms with Crippen molar-refractivity contribution in [2.45, 2.75) is 26.2 Å². The number of hydrogen-bond acceptors (Lipinski definition) is 3. The van der Waals surface area contributed by atoms with E-state index in [0.717, 1.165) is 30.4 Å². The lowest BCUT2D eigenvalue weighted by atomic mass is 10.1. The first-order valence-corrected chi connectivity index (χ1v) is 6.67. The van der Waals surface area contributed by atoms with Crippen LogP contribution in [-0.4, -0.2) is 16.5 Å². The quantitative estimate of drug-likeness (QED) is 0.879. The van der Waals surface area contributed by atoms with Crippen LogP contribution < -0.4 is 5.32 Å². The van der Waals surface area contributed by atoms with Crippen molar-refractivity contribution >= 4 is 5.82 Å². The van der Waals surface area contributed by atoms with Gasteiger partial charge in [-0.25, -0.2) is 18.7 Å². The number of anilines is 1. The van der Waals surface area contributed by atoms with Gasteiger partial charge in [0.05, 0.1) is 0 Å². The molecule has 0 saturated carbocycles. The van der Waals surface area contributed by atoms with Crippen LogP contribution in [0.15, 0.2) is 30.6 Å². The third-order valence-corrected chi connectivity index (χ3v) is 2.87. The monoisotopic (exact) mass is 277 g/mol. The van der Waals surface area contributed by atoms with Crippen molar-refractivity contribution in [2.75, 3.05) is 11.9 Å². The molecule has 0 aliphatic carbocycles. The molecule has 1 aromatic heterocycles. The zero-order valence-electron chi connectivity index (χ0n) is 11.4.